The van der Waals surface area contributed by atoms with E-state index in [-0.39, 0.29) is 24.4 Å². The van der Waals surface area contributed by atoms with Crippen LogP contribution < -0.4 is 15.8 Å². The zero-order valence-electron chi connectivity index (χ0n) is 16.3. The maximum atomic E-state index is 12.6. The Morgan fingerprint density at radius 3 is 2.76 bits per heavy atom. The van der Waals surface area contributed by atoms with Crippen molar-refractivity contribution in [1.82, 2.24) is 14.5 Å². The number of benzene rings is 1. The van der Waals surface area contributed by atoms with Crippen molar-refractivity contribution in [2.45, 2.75) is 19.9 Å². The van der Waals surface area contributed by atoms with Crippen LogP contribution in [0.15, 0.2) is 47.7 Å². The Labute approximate surface area is 168 Å². The van der Waals surface area contributed by atoms with Crippen LogP contribution in [0.5, 0.6) is 0 Å². The van der Waals surface area contributed by atoms with Crippen LogP contribution in [0.4, 0.5) is 11.5 Å². The zero-order valence-corrected chi connectivity index (χ0v) is 16.3. The van der Waals surface area contributed by atoms with Crippen molar-refractivity contribution in [2.24, 2.45) is 0 Å². The molecule has 1 aliphatic heterocycles. The molecule has 0 radical (unpaired) electrons. The number of nitrogens with zero attached hydrogens (tertiary/aromatic N) is 4. The van der Waals surface area contributed by atoms with Crippen molar-refractivity contribution in [1.29, 1.82) is 0 Å². The van der Waals surface area contributed by atoms with Gasteiger partial charge in [-0.25, -0.2) is 9.97 Å². The van der Waals surface area contributed by atoms with Gasteiger partial charge in [-0.2, -0.15) is 0 Å². The summed E-state index contributed by atoms with van der Waals surface area (Å²) < 4.78 is 6.82. The third kappa shape index (κ3) is 4.27. The second-order valence-corrected chi connectivity index (χ2v) is 7.01. The largest absolute Gasteiger partial charge is 0.378 e. The van der Waals surface area contributed by atoms with Gasteiger partial charge in [0.25, 0.3) is 5.56 Å². The molecule has 1 aliphatic rings. The molecule has 8 heteroatoms. The van der Waals surface area contributed by atoms with E-state index in [4.69, 9.17) is 4.74 Å². The summed E-state index contributed by atoms with van der Waals surface area (Å²) in [4.78, 5) is 35.8. The predicted molar refractivity (Wildman–Crippen MR) is 111 cm³/mol. The highest BCUT2D eigenvalue weighted by Gasteiger charge is 2.12. The Bertz CT molecular complexity index is 1070. The van der Waals surface area contributed by atoms with E-state index in [0.29, 0.717) is 29.9 Å². The molecule has 0 atom stereocenters. The van der Waals surface area contributed by atoms with Gasteiger partial charge in [-0.1, -0.05) is 12.1 Å². The molecular weight excluding hydrogens is 370 g/mol. The van der Waals surface area contributed by atoms with E-state index in [2.05, 4.69) is 20.2 Å². The fourth-order valence-electron chi connectivity index (χ4n) is 3.39. The van der Waals surface area contributed by atoms with E-state index in [9.17, 15) is 9.59 Å². The van der Waals surface area contributed by atoms with E-state index in [1.54, 1.807) is 18.3 Å². The Kier molecular flexibility index (Phi) is 5.53. The average molecular weight is 393 g/mol. The number of pyridine rings is 1. The van der Waals surface area contributed by atoms with Gasteiger partial charge in [0.05, 0.1) is 42.3 Å². The van der Waals surface area contributed by atoms with E-state index in [1.807, 2.05) is 25.1 Å². The van der Waals surface area contributed by atoms with Crippen molar-refractivity contribution in [3.63, 3.8) is 0 Å². The van der Waals surface area contributed by atoms with Crippen LogP contribution in [-0.4, -0.2) is 46.7 Å². The van der Waals surface area contributed by atoms with Crippen LogP contribution in [0.25, 0.3) is 10.9 Å². The van der Waals surface area contributed by atoms with E-state index in [0.717, 1.165) is 24.3 Å². The Balaban J connectivity index is 1.37. The van der Waals surface area contributed by atoms with Gasteiger partial charge in [0.15, 0.2) is 0 Å². The van der Waals surface area contributed by atoms with Crippen LogP contribution in [0.1, 0.15) is 12.0 Å². The molecule has 0 bridgehead atoms. The highest BCUT2D eigenvalue weighted by Crippen LogP contribution is 2.16. The molecule has 1 N–H and O–H groups in total. The molecular formula is C21H23N5O3. The molecule has 1 aromatic carbocycles. The molecule has 2 aromatic heterocycles. The molecule has 3 aromatic rings. The first kappa shape index (κ1) is 19.1. The van der Waals surface area contributed by atoms with Gasteiger partial charge in [0.2, 0.25) is 5.91 Å². The van der Waals surface area contributed by atoms with Crippen molar-refractivity contribution in [2.75, 3.05) is 36.5 Å². The number of anilines is 2. The molecule has 0 aliphatic carbocycles. The minimum Gasteiger partial charge on any atom is -0.378 e. The van der Waals surface area contributed by atoms with E-state index in [1.165, 1.54) is 10.9 Å². The fourth-order valence-corrected chi connectivity index (χ4v) is 3.39. The van der Waals surface area contributed by atoms with Crippen LogP contribution in [0.3, 0.4) is 0 Å². The van der Waals surface area contributed by atoms with Crippen molar-refractivity contribution in [3.8, 4) is 0 Å². The average Bonchev–Trinajstić information content (AvgIpc) is 2.75. The Morgan fingerprint density at radius 1 is 1.17 bits per heavy atom. The van der Waals surface area contributed by atoms with Crippen molar-refractivity contribution in [3.05, 3.63) is 58.8 Å². The SMILES string of the molecule is Cc1cccc2c(=O)n(CCC(=O)Nc3ccc(N4CCOCC4)cn3)cnc12. The summed E-state index contributed by atoms with van der Waals surface area (Å²) in [6.07, 6.45) is 3.41. The summed E-state index contributed by atoms with van der Waals surface area (Å²) in [7, 11) is 0. The van der Waals surface area contributed by atoms with Gasteiger partial charge in [-0.15, -0.1) is 0 Å². The fraction of sp³-hybridized carbons (Fsp3) is 0.333. The second kappa shape index (κ2) is 8.40. The number of amides is 1. The van der Waals surface area contributed by atoms with E-state index >= 15 is 0 Å². The Morgan fingerprint density at radius 2 is 2.00 bits per heavy atom. The molecule has 1 saturated heterocycles. The topological polar surface area (TPSA) is 89.4 Å². The summed E-state index contributed by atoms with van der Waals surface area (Å²) in [6, 6.07) is 9.24. The second-order valence-electron chi connectivity index (χ2n) is 7.01. The van der Waals surface area contributed by atoms with Gasteiger partial charge < -0.3 is 15.0 Å². The van der Waals surface area contributed by atoms with Crippen molar-refractivity contribution >= 4 is 28.3 Å². The maximum Gasteiger partial charge on any atom is 0.261 e. The number of ether oxygens (including phenoxy) is 1. The van der Waals surface area contributed by atoms with Gasteiger partial charge >= 0.3 is 0 Å². The lowest BCUT2D eigenvalue weighted by atomic mass is 10.1. The predicted octanol–water partition coefficient (Wildman–Crippen LogP) is 1.97. The minimum absolute atomic E-state index is 0.139. The maximum absolute atomic E-state index is 12.6. The molecule has 0 unspecified atom stereocenters. The molecule has 0 spiro atoms. The van der Waals surface area contributed by atoms with E-state index < -0.39 is 0 Å². The molecule has 1 amide bonds. The van der Waals surface area contributed by atoms with Gasteiger partial charge in [-0.05, 0) is 30.7 Å². The highest BCUT2D eigenvalue weighted by molar-refractivity contribution is 5.89. The summed E-state index contributed by atoms with van der Waals surface area (Å²) in [6.45, 7) is 5.27. The summed E-state index contributed by atoms with van der Waals surface area (Å²) >= 11 is 0. The summed E-state index contributed by atoms with van der Waals surface area (Å²) in [5.74, 6) is 0.291. The molecule has 4 rings (SSSR count). The number of hydrogen-bond acceptors (Lipinski definition) is 6. The first-order chi connectivity index (χ1) is 14.1. The number of carbonyl (C=O) groups is 1. The normalized spacial score (nSPS) is 14.2. The lowest BCUT2D eigenvalue weighted by Gasteiger charge is -2.28. The van der Waals surface area contributed by atoms with Crippen LogP contribution in [0.2, 0.25) is 0 Å². The van der Waals surface area contributed by atoms with Crippen molar-refractivity contribution < 1.29 is 9.53 Å². The molecule has 29 heavy (non-hydrogen) atoms. The highest BCUT2D eigenvalue weighted by atomic mass is 16.5. The third-order valence-corrected chi connectivity index (χ3v) is 5.03. The number of carbonyl (C=O) groups excluding carboxylic acids is 1. The first-order valence-corrected chi connectivity index (χ1v) is 9.65. The number of morpholine rings is 1. The zero-order chi connectivity index (χ0) is 20.2. The smallest absolute Gasteiger partial charge is 0.261 e. The third-order valence-electron chi connectivity index (χ3n) is 5.03. The number of aromatic nitrogens is 3. The van der Waals surface area contributed by atoms with Gasteiger partial charge in [-0.3, -0.25) is 14.2 Å². The summed E-state index contributed by atoms with van der Waals surface area (Å²) in [5.41, 5.74) is 2.52. The molecule has 150 valence electrons. The first-order valence-electron chi connectivity index (χ1n) is 9.65. The summed E-state index contributed by atoms with van der Waals surface area (Å²) in [5, 5.41) is 3.34. The number of fused-ring (bicyclic) bond motifs is 1. The Hall–Kier alpha value is -3.26. The lowest BCUT2D eigenvalue weighted by molar-refractivity contribution is -0.116. The van der Waals surface area contributed by atoms with Crippen LogP contribution >= 0.6 is 0 Å². The number of nitrogens with one attached hydrogen (secondary N) is 1. The van der Waals surface area contributed by atoms with Gasteiger partial charge in [0, 0.05) is 26.1 Å². The molecule has 3 heterocycles. The van der Waals surface area contributed by atoms with Gasteiger partial charge in [0.1, 0.15) is 5.82 Å². The lowest BCUT2D eigenvalue weighted by Crippen LogP contribution is -2.36. The monoisotopic (exact) mass is 393 g/mol. The molecule has 1 fully saturated rings. The van der Waals surface area contributed by atoms with Crippen LogP contribution in [-0.2, 0) is 16.1 Å². The molecule has 8 nitrogen and oxygen atoms in total. The number of hydrogen-bond donors (Lipinski definition) is 1. The number of aryl methyl sites for hydroxylation is 2. The molecule has 0 saturated carbocycles. The van der Waals surface area contributed by atoms with Crippen LogP contribution in [0, 0.1) is 6.92 Å². The standard InChI is InChI=1S/C21H23N5O3/c1-15-3-2-4-17-20(15)23-14-26(21(17)28)8-7-19(27)24-18-6-5-16(13-22-18)25-9-11-29-12-10-25/h2-6,13-14H,7-12H2,1H3,(H,22,24,27). The number of para-hydroxylation sites is 1. The number of rotatable bonds is 5. The quantitative estimate of drug-likeness (QED) is 0.713. The minimum atomic E-state index is -0.201.